The summed E-state index contributed by atoms with van der Waals surface area (Å²) in [6.45, 7) is 1.92. The number of benzene rings is 1. The predicted octanol–water partition coefficient (Wildman–Crippen LogP) is 2.56. The lowest BCUT2D eigenvalue weighted by atomic mass is 10.1. The first-order valence-corrected chi connectivity index (χ1v) is 4.91. The summed E-state index contributed by atoms with van der Waals surface area (Å²) in [7, 11) is 0. The Morgan fingerprint density at radius 1 is 1.47 bits per heavy atom. The summed E-state index contributed by atoms with van der Waals surface area (Å²) in [5.41, 5.74) is 0.581. The molecule has 0 bridgehead atoms. The van der Waals surface area contributed by atoms with Crippen molar-refractivity contribution in [2.45, 2.75) is 6.04 Å². The second-order valence-electron chi connectivity index (χ2n) is 3.25. The van der Waals surface area contributed by atoms with Crippen LogP contribution in [0, 0.1) is 5.82 Å². The predicted molar refractivity (Wildman–Crippen MR) is 60.2 cm³/mol. The van der Waals surface area contributed by atoms with Crippen LogP contribution in [0.25, 0.3) is 0 Å². The molecule has 0 saturated carbocycles. The van der Waals surface area contributed by atoms with E-state index in [0.717, 1.165) is 6.54 Å². The summed E-state index contributed by atoms with van der Waals surface area (Å²) < 4.78 is 18.7. The van der Waals surface area contributed by atoms with Crippen LogP contribution in [-0.4, -0.2) is 19.8 Å². The lowest BCUT2D eigenvalue weighted by Crippen LogP contribution is -2.35. The first-order valence-electron chi connectivity index (χ1n) is 4.53. The Morgan fingerprint density at radius 3 is 2.93 bits per heavy atom. The SMILES string of the molecule is Cl.Fc1ccc(Cl)cc1[C@H]1COCCN1. The van der Waals surface area contributed by atoms with Gasteiger partial charge in [0.15, 0.2) is 0 Å². The fourth-order valence-electron chi connectivity index (χ4n) is 1.55. The molecule has 1 fully saturated rings. The standard InChI is InChI=1S/C10H11ClFNO.ClH/c11-7-1-2-9(12)8(5-7)10-6-14-4-3-13-10;/h1-2,5,10,13H,3-4,6H2;1H/t10-;/m1./s1. The van der Waals surface area contributed by atoms with Gasteiger partial charge in [0.05, 0.1) is 19.3 Å². The van der Waals surface area contributed by atoms with E-state index in [4.69, 9.17) is 16.3 Å². The van der Waals surface area contributed by atoms with Gasteiger partial charge in [-0.1, -0.05) is 11.6 Å². The van der Waals surface area contributed by atoms with Crippen LogP contribution in [0.4, 0.5) is 4.39 Å². The van der Waals surface area contributed by atoms with Gasteiger partial charge in [-0.15, -0.1) is 12.4 Å². The highest BCUT2D eigenvalue weighted by molar-refractivity contribution is 6.30. The van der Waals surface area contributed by atoms with Gasteiger partial charge in [0, 0.05) is 17.1 Å². The number of ether oxygens (including phenoxy) is 1. The summed E-state index contributed by atoms with van der Waals surface area (Å²) in [6, 6.07) is 4.49. The molecular weight excluding hydrogens is 240 g/mol. The Bertz CT molecular complexity index is 329. The highest BCUT2D eigenvalue weighted by atomic mass is 35.5. The molecule has 0 aromatic heterocycles. The molecule has 5 heteroatoms. The molecule has 0 spiro atoms. The third-order valence-electron chi connectivity index (χ3n) is 2.26. The van der Waals surface area contributed by atoms with E-state index in [0.29, 0.717) is 23.8 Å². The van der Waals surface area contributed by atoms with Crippen LogP contribution in [-0.2, 0) is 4.74 Å². The molecular formula is C10H12Cl2FNO. The van der Waals surface area contributed by atoms with Crippen molar-refractivity contribution in [3.63, 3.8) is 0 Å². The molecule has 1 aromatic carbocycles. The van der Waals surface area contributed by atoms with E-state index in [1.54, 1.807) is 12.1 Å². The lowest BCUT2D eigenvalue weighted by molar-refractivity contribution is 0.0757. The number of hydrogen-bond donors (Lipinski definition) is 1. The topological polar surface area (TPSA) is 21.3 Å². The number of morpholine rings is 1. The van der Waals surface area contributed by atoms with Gasteiger partial charge in [-0.3, -0.25) is 0 Å². The van der Waals surface area contributed by atoms with Gasteiger partial charge < -0.3 is 10.1 Å². The average Bonchev–Trinajstić information content (AvgIpc) is 2.23. The van der Waals surface area contributed by atoms with Gasteiger partial charge in [-0.25, -0.2) is 4.39 Å². The first kappa shape index (κ1) is 12.7. The fraction of sp³-hybridized carbons (Fsp3) is 0.400. The van der Waals surface area contributed by atoms with Gasteiger partial charge in [0.1, 0.15) is 5.82 Å². The van der Waals surface area contributed by atoms with Crippen LogP contribution in [0.5, 0.6) is 0 Å². The molecule has 0 radical (unpaired) electrons. The zero-order valence-electron chi connectivity index (χ0n) is 8.00. The summed E-state index contributed by atoms with van der Waals surface area (Å²) >= 11 is 5.80. The highest BCUT2D eigenvalue weighted by Gasteiger charge is 2.18. The fourth-order valence-corrected chi connectivity index (χ4v) is 1.73. The molecule has 1 aromatic rings. The van der Waals surface area contributed by atoms with Crippen molar-refractivity contribution in [2.24, 2.45) is 0 Å². The van der Waals surface area contributed by atoms with Crippen LogP contribution in [0.2, 0.25) is 5.02 Å². The minimum atomic E-state index is -0.239. The Labute approximate surface area is 99.2 Å². The van der Waals surface area contributed by atoms with E-state index in [1.807, 2.05) is 0 Å². The van der Waals surface area contributed by atoms with Crippen molar-refractivity contribution in [1.82, 2.24) is 5.32 Å². The van der Waals surface area contributed by atoms with E-state index in [2.05, 4.69) is 5.32 Å². The van der Waals surface area contributed by atoms with Gasteiger partial charge >= 0.3 is 0 Å². The van der Waals surface area contributed by atoms with Crippen LogP contribution in [0.15, 0.2) is 18.2 Å². The molecule has 2 rings (SSSR count). The second kappa shape index (κ2) is 5.66. The maximum Gasteiger partial charge on any atom is 0.128 e. The summed E-state index contributed by atoms with van der Waals surface area (Å²) in [5, 5.41) is 3.73. The van der Waals surface area contributed by atoms with E-state index >= 15 is 0 Å². The highest BCUT2D eigenvalue weighted by Crippen LogP contribution is 2.22. The van der Waals surface area contributed by atoms with Crippen molar-refractivity contribution in [3.05, 3.63) is 34.6 Å². The van der Waals surface area contributed by atoms with Crippen molar-refractivity contribution in [3.8, 4) is 0 Å². The van der Waals surface area contributed by atoms with E-state index < -0.39 is 0 Å². The molecule has 0 amide bonds. The third-order valence-corrected chi connectivity index (χ3v) is 2.49. The summed E-state index contributed by atoms with van der Waals surface area (Å²) in [4.78, 5) is 0. The van der Waals surface area contributed by atoms with Crippen LogP contribution in [0.3, 0.4) is 0 Å². The summed E-state index contributed by atoms with van der Waals surface area (Å²) in [5.74, 6) is -0.239. The zero-order valence-corrected chi connectivity index (χ0v) is 9.58. The van der Waals surface area contributed by atoms with Crippen molar-refractivity contribution in [1.29, 1.82) is 0 Å². The quantitative estimate of drug-likeness (QED) is 0.829. The molecule has 0 aliphatic carbocycles. The average molecular weight is 252 g/mol. The maximum atomic E-state index is 13.4. The molecule has 1 aliphatic heterocycles. The van der Waals surface area contributed by atoms with Gasteiger partial charge in [-0.05, 0) is 18.2 Å². The number of halogens is 3. The molecule has 1 aliphatic rings. The monoisotopic (exact) mass is 251 g/mol. The van der Waals surface area contributed by atoms with Gasteiger partial charge in [0.2, 0.25) is 0 Å². The molecule has 84 valence electrons. The second-order valence-corrected chi connectivity index (χ2v) is 3.68. The van der Waals surface area contributed by atoms with Crippen LogP contribution >= 0.6 is 24.0 Å². The van der Waals surface area contributed by atoms with Gasteiger partial charge in [-0.2, -0.15) is 0 Å². The normalized spacial score (nSPS) is 20.8. The van der Waals surface area contributed by atoms with Crippen molar-refractivity contribution in [2.75, 3.05) is 19.8 Å². The number of nitrogens with one attached hydrogen (secondary N) is 1. The minimum Gasteiger partial charge on any atom is -0.378 e. The van der Waals surface area contributed by atoms with Crippen molar-refractivity contribution < 1.29 is 9.13 Å². The van der Waals surface area contributed by atoms with Crippen molar-refractivity contribution >= 4 is 24.0 Å². The third kappa shape index (κ3) is 3.05. The summed E-state index contributed by atoms with van der Waals surface area (Å²) in [6.07, 6.45) is 0. The van der Waals surface area contributed by atoms with Gasteiger partial charge in [0.25, 0.3) is 0 Å². The maximum absolute atomic E-state index is 13.4. The zero-order chi connectivity index (χ0) is 9.97. The van der Waals surface area contributed by atoms with Crippen LogP contribution in [0.1, 0.15) is 11.6 Å². The Kier molecular flexibility index (Phi) is 4.80. The van der Waals surface area contributed by atoms with E-state index in [1.165, 1.54) is 6.07 Å². The minimum absolute atomic E-state index is 0. The molecule has 1 saturated heterocycles. The number of hydrogen-bond acceptors (Lipinski definition) is 2. The molecule has 1 atom stereocenters. The molecule has 1 N–H and O–H groups in total. The molecule has 1 heterocycles. The van der Waals surface area contributed by atoms with E-state index in [9.17, 15) is 4.39 Å². The smallest absolute Gasteiger partial charge is 0.128 e. The first-order chi connectivity index (χ1) is 6.77. The molecule has 2 nitrogen and oxygen atoms in total. The largest absolute Gasteiger partial charge is 0.378 e. The number of rotatable bonds is 1. The Balaban J connectivity index is 0.00000112. The van der Waals surface area contributed by atoms with E-state index in [-0.39, 0.29) is 24.3 Å². The molecule has 0 unspecified atom stereocenters. The molecule has 15 heavy (non-hydrogen) atoms. The van der Waals surface area contributed by atoms with Crippen LogP contribution < -0.4 is 5.32 Å². The lowest BCUT2D eigenvalue weighted by Gasteiger charge is -2.24. The Morgan fingerprint density at radius 2 is 2.27 bits per heavy atom. The Hall–Kier alpha value is -0.350.